The van der Waals surface area contributed by atoms with Crippen molar-refractivity contribution in [1.82, 2.24) is 4.90 Å². The summed E-state index contributed by atoms with van der Waals surface area (Å²) in [5.74, 6) is -1.00. The van der Waals surface area contributed by atoms with Crippen molar-refractivity contribution >= 4 is 38.7 Å². The number of carbonyl (C=O) groups is 1. The summed E-state index contributed by atoms with van der Waals surface area (Å²) in [7, 11) is -4.01. The normalized spacial score (nSPS) is 18.2. The molecule has 0 N–H and O–H groups in total. The number of hydrogen-bond donors (Lipinski definition) is 0. The summed E-state index contributed by atoms with van der Waals surface area (Å²) in [6.45, 7) is 1.05. The maximum atomic E-state index is 13.8. The Morgan fingerprint density at radius 3 is 2.52 bits per heavy atom. The molecule has 1 saturated heterocycles. The van der Waals surface area contributed by atoms with Crippen molar-refractivity contribution in [2.45, 2.75) is 17.7 Å². The zero-order chi connectivity index (χ0) is 19.2. The molecule has 0 spiro atoms. The van der Waals surface area contributed by atoms with E-state index in [4.69, 9.17) is 11.6 Å². The van der Waals surface area contributed by atoms with Gasteiger partial charge in [-0.05, 0) is 49.2 Å². The van der Waals surface area contributed by atoms with Crippen molar-refractivity contribution in [3.8, 4) is 0 Å². The van der Waals surface area contributed by atoms with E-state index >= 15 is 0 Å². The van der Waals surface area contributed by atoms with E-state index in [0.717, 1.165) is 12.8 Å². The molecule has 2 aliphatic rings. The third-order valence-electron chi connectivity index (χ3n) is 4.70. The number of fused-ring (bicyclic) bond motifs is 1. The van der Waals surface area contributed by atoms with Gasteiger partial charge in [0.1, 0.15) is 5.82 Å². The highest BCUT2D eigenvalue weighted by atomic mass is 35.5. The van der Waals surface area contributed by atoms with E-state index in [1.807, 2.05) is 0 Å². The lowest BCUT2D eigenvalue weighted by Gasteiger charge is -2.30. The van der Waals surface area contributed by atoms with Crippen LogP contribution in [-0.2, 0) is 14.6 Å². The van der Waals surface area contributed by atoms with Gasteiger partial charge in [0.05, 0.1) is 10.6 Å². The molecule has 27 heavy (non-hydrogen) atoms. The third kappa shape index (κ3) is 3.11. The molecule has 2 aliphatic heterocycles. The number of nitrogens with zero attached hydrogens (tertiary/aromatic N) is 2. The molecule has 0 aliphatic carbocycles. The van der Waals surface area contributed by atoms with Gasteiger partial charge in [0.15, 0.2) is 4.91 Å². The summed E-state index contributed by atoms with van der Waals surface area (Å²) in [5.41, 5.74) is 0.686. The van der Waals surface area contributed by atoms with Gasteiger partial charge < -0.3 is 9.80 Å². The van der Waals surface area contributed by atoms with Gasteiger partial charge in [-0.15, -0.1) is 0 Å². The quantitative estimate of drug-likeness (QED) is 0.759. The number of amides is 1. The standard InChI is InChI=1S/C19H16ClFN2O3S/c20-13-6-7-17-16(10-13)23(15-5-3-4-14(21)11-15)12-18(27(17,25)26)19(24)22-8-1-2-9-22/h3-7,10-12H,1-2,8-9H2. The van der Waals surface area contributed by atoms with E-state index in [1.165, 1.54) is 52.4 Å². The maximum Gasteiger partial charge on any atom is 0.267 e. The van der Waals surface area contributed by atoms with Crippen LogP contribution in [0.1, 0.15) is 12.8 Å². The summed E-state index contributed by atoms with van der Waals surface area (Å²) in [6.07, 6.45) is 2.96. The van der Waals surface area contributed by atoms with Crippen LogP contribution in [-0.4, -0.2) is 32.3 Å². The Bertz CT molecular complexity index is 1060. The minimum Gasteiger partial charge on any atom is -0.338 e. The van der Waals surface area contributed by atoms with Crippen molar-refractivity contribution in [3.05, 3.63) is 64.4 Å². The topological polar surface area (TPSA) is 57.7 Å². The highest BCUT2D eigenvalue weighted by Crippen LogP contribution is 2.41. The van der Waals surface area contributed by atoms with Crippen LogP contribution in [0.5, 0.6) is 0 Å². The van der Waals surface area contributed by atoms with Gasteiger partial charge >= 0.3 is 0 Å². The van der Waals surface area contributed by atoms with Crippen molar-refractivity contribution < 1.29 is 17.6 Å². The fourth-order valence-electron chi connectivity index (χ4n) is 3.37. The Hall–Kier alpha value is -2.38. The van der Waals surface area contributed by atoms with Crippen LogP contribution in [0.15, 0.2) is 58.5 Å². The molecule has 0 atom stereocenters. The summed E-state index contributed by atoms with van der Waals surface area (Å²) in [4.78, 5) is 15.6. The van der Waals surface area contributed by atoms with Crippen LogP contribution in [0.25, 0.3) is 0 Å². The number of likely N-dealkylation sites (tertiary alicyclic amines) is 1. The zero-order valence-electron chi connectivity index (χ0n) is 14.2. The Morgan fingerprint density at radius 2 is 1.81 bits per heavy atom. The molecular weight excluding hydrogens is 391 g/mol. The average molecular weight is 407 g/mol. The lowest BCUT2D eigenvalue weighted by atomic mass is 10.2. The first-order valence-electron chi connectivity index (χ1n) is 8.48. The molecular formula is C19H16ClFN2O3S. The molecule has 2 heterocycles. The monoisotopic (exact) mass is 406 g/mol. The lowest BCUT2D eigenvalue weighted by molar-refractivity contribution is -0.125. The second kappa shape index (κ2) is 6.65. The predicted octanol–water partition coefficient (Wildman–Crippen LogP) is 3.87. The number of hydrogen-bond acceptors (Lipinski definition) is 4. The zero-order valence-corrected chi connectivity index (χ0v) is 15.8. The molecule has 1 amide bonds. The highest BCUT2D eigenvalue weighted by Gasteiger charge is 2.38. The smallest absolute Gasteiger partial charge is 0.267 e. The van der Waals surface area contributed by atoms with E-state index < -0.39 is 21.6 Å². The average Bonchev–Trinajstić information content (AvgIpc) is 3.15. The summed E-state index contributed by atoms with van der Waals surface area (Å²) in [5, 5.41) is 0.341. The minimum absolute atomic E-state index is 0.0267. The fraction of sp³-hybridized carbons (Fsp3) is 0.211. The lowest BCUT2D eigenvalue weighted by Crippen LogP contribution is -2.35. The number of rotatable bonds is 2. The van der Waals surface area contributed by atoms with E-state index in [-0.39, 0.29) is 15.5 Å². The minimum atomic E-state index is -4.01. The van der Waals surface area contributed by atoms with Crippen LogP contribution in [0, 0.1) is 5.82 Å². The number of carbonyl (C=O) groups excluding carboxylic acids is 1. The Kier molecular flexibility index (Phi) is 4.44. The first-order valence-corrected chi connectivity index (χ1v) is 10.3. The second-order valence-electron chi connectivity index (χ2n) is 6.46. The molecule has 4 rings (SSSR count). The summed E-state index contributed by atoms with van der Waals surface area (Å²) < 4.78 is 40.0. The molecule has 0 radical (unpaired) electrons. The molecule has 2 aromatic carbocycles. The Morgan fingerprint density at radius 1 is 1.07 bits per heavy atom. The fourth-order valence-corrected chi connectivity index (χ4v) is 5.05. The molecule has 5 nitrogen and oxygen atoms in total. The third-order valence-corrected chi connectivity index (χ3v) is 6.71. The number of benzene rings is 2. The molecule has 2 aromatic rings. The van der Waals surface area contributed by atoms with Crippen molar-refractivity contribution in [2.24, 2.45) is 0 Å². The Balaban J connectivity index is 1.91. The van der Waals surface area contributed by atoms with Gasteiger partial charge in [-0.1, -0.05) is 17.7 Å². The van der Waals surface area contributed by atoms with Crippen molar-refractivity contribution in [3.63, 3.8) is 0 Å². The van der Waals surface area contributed by atoms with Crippen molar-refractivity contribution in [1.29, 1.82) is 0 Å². The van der Waals surface area contributed by atoms with E-state index in [0.29, 0.717) is 23.8 Å². The van der Waals surface area contributed by atoms with E-state index in [2.05, 4.69) is 0 Å². The van der Waals surface area contributed by atoms with Crippen LogP contribution in [0.3, 0.4) is 0 Å². The molecule has 0 unspecified atom stereocenters. The first-order chi connectivity index (χ1) is 12.9. The van der Waals surface area contributed by atoms with Gasteiger partial charge in [0.25, 0.3) is 5.91 Å². The van der Waals surface area contributed by atoms with E-state index in [1.54, 1.807) is 6.07 Å². The van der Waals surface area contributed by atoms with Crippen molar-refractivity contribution in [2.75, 3.05) is 18.0 Å². The first kappa shape index (κ1) is 18.0. The maximum absolute atomic E-state index is 13.8. The van der Waals surface area contributed by atoms with Crippen LogP contribution >= 0.6 is 11.6 Å². The molecule has 0 bridgehead atoms. The van der Waals surface area contributed by atoms with E-state index in [9.17, 15) is 17.6 Å². The van der Waals surface area contributed by atoms with Gasteiger partial charge in [-0.2, -0.15) is 0 Å². The largest absolute Gasteiger partial charge is 0.338 e. The van der Waals surface area contributed by atoms with Crippen LogP contribution in [0.2, 0.25) is 5.02 Å². The molecule has 0 saturated carbocycles. The predicted molar refractivity (Wildman–Crippen MR) is 101 cm³/mol. The molecule has 140 valence electrons. The number of sulfone groups is 1. The van der Waals surface area contributed by atoms with Gasteiger partial charge in [0, 0.05) is 30.0 Å². The van der Waals surface area contributed by atoms with Gasteiger partial charge in [-0.25, -0.2) is 12.8 Å². The molecule has 8 heteroatoms. The SMILES string of the molecule is O=C(C1=CN(c2cccc(F)c2)c2cc(Cl)ccc2S1(=O)=O)N1CCCC1. The van der Waals surface area contributed by atoms with Gasteiger partial charge in [-0.3, -0.25) is 4.79 Å². The summed E-state index contributed by atoms with van der Waals surface area (Å²) in [6, 6.07) is 10.1. The Labute approximate surface area is 161 Å². The molecule has 0 aromatic heterocycles. The second-order valence-corrected chi connectivity index (χ2v) is 8.78. The highest BCUT2D eigenvalue weighted by molar-refractivity contribution is 7.96. The van der Waals surface area contributed by atoms with Gasteiger partial charge in [0.2, 0.25) is 9.84 Å². The van der Waals surface area contributed by atoms with Crippen LogP contribution in [0.4, 0.5) is 15.8 Å². The number of halogens is 2. The van der Waals surface area contributed by atoms with Crippen LogP contribution < -0.4 is 4.90 Å². The number of anilines is 2. The molecule has 1 fully saturated rings. The summed E-state index contributed by atoms with van der Waals surface area (Å²) >= 11 is 6.06.